The number of hydrogen-bond donors (Lipinski definition) is 2. The molecule has 0 fully saturated rings. The van der Waals surface area contributed by atoms with Crippen molar-refractivity contribution in [3.8, 4) is 0 Å². The highest BCUT2D eigenvalue weighted by Crippen LogP contribution is 2.40. The predicted molar refractivity (Wildman–Crippen MR) is 81.2 cm³/mol. The van der Waals surface area contributed by atoms with Crippen LogP contribution in [0.2, 0.25) is 0 Å². The SMILES string of the molecule is CCCC[C@](CCC(=O)O)(C(=O)OCC)c1cnc(N)s1. The van der Waals surface area contributed by atoms with Crippen LogP contribution in [0.5, 0.6) is 0 Å². The third kappa shape index (κ3) is 4.42. The van der Waals surface area contributed by atoms with Crippen LogP contribution in [0.25, 0.3) is 0 Å². The first-order valence-corrected chi connectivity index (χ1v) is 7.88. The largest absolute Gasteiger partial charge is 0.481 e. The lowest BCUT2D eigenvalue weighted by Crippen LogP contribution is -2.37. The van der Waals surface area contributed by atoms with Gasteiger partial charge in [-0.25, -0.2) is 4.98 Å². The minimum absolute atomic E-state index is 0.0969. The second-order valence-electron chi connectivity index (χ2n) is 4.86. The number of unbranched alkanes of at least 4 members (excludes halogenated alkanes) is 1. The minimum atomic E-state index is -0.959. The van der Waals surface area contributed by atoms with Crippen LogP contribution in [-0.2, 0) is 19.7 Å². The van der Waals surface area contributed by atoms with Gasteiger partial charge in [0.1, 0.15) is 5.41 Å². The molecule has 0 aliphatic heterocycles. The van der Waals surface area contributed by atoms with Crippen LogP contribution in [0.4, 0.5) is 5.13 Å². The number of anilines is 1. The number of nitrogens with two attached hydrogens (primary N) is 1. The summed E-state index contributed by atoms with van der Waals surface area (Å²) in [6.45, 7) is 4.02. The molecule has 0 aromatic carbocycles. The van der Waals surface area contributed by atoms with E-state index in [0.29, 0.717) is 16.4 Å². The van der Waals surface area contributed by atoms with Crippen molar-refractivity contribution in [1.29, 1.82) is 0 Å². The van der Waals surface area contributed by atoms with E-state index in [2.05, 4.69) is 4.98 Å². The summed E-state index contributed by atoms with van der Waals surface area (Å²) in [6, 6.07) is 0. The highest BCUT2D eigenvalue weighted by atomic mass is 32.1. The Morgan fingerprint density at radius 3 is 2.62 bits per heavy atom. The number of carboxylic acids is 1. The number of carbonyl (C=O) groups is 2. The minimum Gasteiger partial charge on any atom is -0.481 e. The van der Waals surface area contributed by atoms with E-state index in [0.717, 1.165) is 12.8 Å². The lowest BCUT2D eigenvalue weighted by Gasteiger charge is -2.29. The van der Waals surface area contributed by atoms with Gasteiger partial charge < -0.3 is 15.6 Å². The molecule has 0 amide bonds. The number of ether oxygens (including phenoxy) is 1. The van der Waals surface area contributed by atoms with E-state index in [9.17, 15) is 9.59 Å². The fraction of sp³-hybridized carbons (Fsp3) is 0.643. The zero-order valence-electron chi connectivity index (χ0n) is 12.4. The number of carbonyl (C=O) groups excluding carboxylic acids is 1. The first-order valence-electron chi connectivity index (χ1n) is 7.07. The average Bonchev–Trinajstić information content (AvgIpc) is 2.86. The standard InChI is InChI=1S/C14H22N2O4S/c1-3-5-7-14(8-6-11(17)18,12(19)20-4-2)10-9-16-13(15)21-10/h9H,3-8H2,1-2H3,(H2,15,16)(H,17,18)/t14-/m1/s1. The highest BCUT2D eigenvalue weighted by Gasteiger charge is 2.43. The van der Waals surface area contributed by atoms with Gasteiger partial charge in [0.2, 0.25) is 0 Å². The Kier molecular flexibility index (Phi) is 6.61. The summed E-state index contributed by atoms with van der Waals surface area (Å²) in [4.78, 5) is 28.2. The molecular formula is C14H22N2O4S. The van der Waals surface area contributed by atoms with E-state index in [1.54, 1.807) is 13.1 Å². The van der Waals surface area contributed by atoms with Crippen molar-refractivity contribution >= 4 is 28.4 Å². The normalized spacial score (nSPS) is 13.6. The summed E-state index contributed by atoms with van der Waals surface area (Å²) in [6.07, 6.45) is 3.91. The second-order valence-corrected chi connectivity index (χ2v) is 5.92. The van der Waals surface area contributed by atoms with Gasteiger partial charge in [-0.3, -0.25) is 9.59 Å². The summed E-state index contributed by atoms with van der Waals surface area (Å²) in [7, 11) is 0. The molecule has 0 unspecified atom stereocenters. The third-order valence-electron chi connectivity index (χ3n) is 3.38. The monoisotopic (exact) mass is 314 g/mol. The number of nitrogen functional groups attached to an aromatic ring is 1. The third-order valence-corrected chi connectivity index (χ3v) is 4.41. The Morgan fingerprint density at radius 2 is 2.14 bits per heavy atom. The summed E-state index contributed by atoms with van der Waals surface area (Å²) in [5.41, 5.74) is 4.71. The number of thiazole rings is 1. The van der Waals surface area contributed by atoms with Crippen molar-refractivity contribution in [1.82, 2.24) is 4.98 Å². The molecule has 6 nitrogen and oxygen atoms in total. The lowest BCUT2D eigenvalue weighted by atomic mass is 9.77. The zero-order valence-corrected chi connectivity index (χ0v) is 13.2. The van der Waals surface area contributed by atoms with Gasteiger partial charge in [-0.05, 0) is 19.8 Å². The summed E-state index contributed by atoms with van der Waals surface area (Å²) in [5.74, 6) is -1.32. The molecule has 1 rings (SSSR count). The van der Waals surface area contributed by atoms with Crippen LogP contribution >= 0.6 is 11.3 Å². The van der Waals surface area contributed by atoms with Crippen LogP contribution in [-0.4, -0.2) is 28.6 Å². The van der Waals surface area contributed by atoms with E-state index < -0.39 is 11.4 Å². The molecule has 0 aliphatic rings. The van der Waals surface area contributed by atoms with Crippen LogP contribution in [0, 0.1) is 0 Å². The van der Waals surface area contributed by atoms with Crippen LogP contribution in [0.1, 0.15) is 50.8 Å². The zero-order chi connectivity index (χ0) is 15.9. The van der Waals surface area contributed by atoms with Crippen molar-refractivity contribution in [2.75, 3.05) is 12.3 Å². The van der Waals surface area contributed by atoms with Gasteiger partial charge >= 0.3 is 11.9 Å². The maximum Gasteiger partial charge on any atom is 0.317 e. The molecule has 1 heterocycles. The van der Waals surface area contributed by atoms with Gasteiger partial charge in [-0.1, -0.05) is 19.8 Å². The Hall–Kier alpha value is -1.63. The molecule has 7 heteroatoms. The van der Waals surface area contributed by atoms with E-state index in [-0.39, 0.29) is 25.4 Å². The van der Waals surface area contributed by atoms with E-state index in [1.165, 1.54) is 11.3 Å². The summed E-state index contributed by atoms with van der Waals surface area (Å²) in [5, 5.41) is 9.34. The van der Waals surface area contributed by atoms with Crippen molar-refractivity contribution < 1.29 is 19.4 Å². The fourth-order valence-electron chi connectivity index (χ4n) is 2.25. The van der Waals surface area contributed by atoms with Gasteiger partial charge in [0.05, 0.1) is 6.61 Å². The van der Waals surface area contributed by atoms with Gasteiger partial charge in [-0.15, -0.1) is 11.3 Å². The first-order chi connectivity index (χ1) is 9.96. The molecule has 1 aromatic rings. The topological polar surface area (TPSA) is 103 Å². The Morgan fingerprint density at radius 1 is 1.43 bits per heavy atom. The molecule has 1 atom stereocenters. The van der Waals surface area contributed by atoms with Gasteiger partial charge in [0.25, 0.3) is 0 Å². The van der Waals surface area contributed by atoms with Crippen molar-refractivity contribution in [2.24, 2.45) is 0 Å². The average molecular weight is 314 g/mol. The quantitative estimate of drug-likeness (QED) is 0.679. The summed E-state index contributed by atoms with van der Waals surface area (Å²) >= 11 is 1.22. The number of nitrogens with zero attached hydrogens (tertiary/aromatic N) is 1. The first kappa shape index (κ1) is 17.4. The van der Waals surface area contributed by atoms with Crippen LogP contribution in [0.3, 0.4) is 0 Å². The number of aromatic nitrogens is 1. The van der Waals surface area contributed by atoms with Crippen LogP contribution in [0.15, 0.2) is 6.20 Å². The lowest BCUT2D eigenvalue weighted by molar-refractivity contribution is -0.151. The molecule has 118 valence electrons. The summed E-state index contributed by atoms with van der Waals surface area (Å²) < 4.78 is 5.21. The number of hydrogen-bond acceptors (Lipinski definition) is 6. The second kappa shape index (κ2) is 7.97. The maximum atomic E-state index is 12.5. The Bertz CT molecular complexity index is 489. The van der Waals surface area contributed by atoms with E-state index >= 15 is 0 Å². The van der Waals surface area contributed by atoms with Crippen molar-refractivity contribution in [2.45, 2.75) is 51.4 Å². The molecular weight excluding hydrogens is 292 g/mol. The molecule has 0 aliphatic carbocycles. The van der Waals surface area contributed by atoms with E-state index in [4.69, 9.17) is 15.6 Å². The van der Waals surface area contributed by atoms with E-state index in [1.807, 2.05) is 6.92 Å². The van der Waals surface area contributed by atoms with Gasteiger partial charge in [0, 0.05) is 17.5 Å². The Balaban J connectivity index is 3.18. The number of aliphatic carboxylic acids is 1. The van der Waals surface area contributed by atoms with Crippen molar-refractivity contribution in [3.05, 3.63) is 11.1 Å². The Labute approximate surface area is 128 Å². The maximum absolute atomic E-state index is 12.5. The molecule has 21 heavy (non-hydrogen) atoms. The fourth-order valence-corrected chi connectivity index (χ4v) is 3.17. The van der Waals surface area contributed by atoms with Crippen LogP contribution < -0.4 is 5.73 Å². The molecule has 0 bridgehead atoms. The molecule has 0 saturated heterocycles. The molecule has 0 radical (unpaired) electrons. The predicted octanol–water partition coefficient (Wildman–Crippen LogP) is 2.58. The molecule has 3 N–H and O–H groups in total. The van der Waals surface area contributed by atoms with Crippen molar-refractivity contribution in [3.63, 3.8) is 0 Å². The number of esters is 1. The smallest absolute Gasteiger partial charge is 0.317 e. The van der Waals surface area contributed by atoms with Gasteiger partial charge in [-0.2, -0.15) is 0 Å². The number of rotatable bonds is 9. The van der Waals surface area contributed by atoms with Gasteiger partial charge in [0.15, 0.2) is 5.13 Å². The highest BCUT2D eigenvalue weighted by molar-refractivity contribution is 7.15. The molecule has 0 saturated carbocycles. The molecule has 1 aromatic heterocycles. The molecule has 0 spiro atoms. The number of carboxylic acid groups (broad SMARTS) is 1.